The number of carbonyl (C=O) groups is 1. The van der Waals surface area contributed by atoms with Gasteiger partial charge < -0.3 is 10.3 Å². The number of benzene rings is 2. The molecule has 2 N–H and O–H groups in total. The van der Waals surface area contributed by atoms with Crippen LogP contribution in [-0.4, -0.2) is 22.4 Å². The number of pyridine rings is 1. The third kappa shape index (κ3) is 4.14. The second-order valence-corrected chi connectivity index (χ2v) is 7.26. The fourth-order valence-electron chi connectivity index (χ4n) is 3.68. The Labute approximate surface area is 169 Å². The molecule has 0 spiro atoms. The molecule has 4 aromatic rings. The normalized spacial score (nSPS) is 11.2. The molecule has 2 heterocycles. The van der Waals surface area contributed by atoms with Gasteiger partial charge in [0.1, 0.15) is 5.82 Å². The van der Waals surface area contributed by atoms with Crippen LogP contribution in [0.1, 0.15) is 31.7 Å². The van der Waals surface area contributed by atoms with Gasteiger partial charge in [-0.25, -0.2) is 9.37 Å². The zero-order chi connectivity index (χ0) is 20.2. The van der Waals surface area contributed by atoms with Crippen molar-refractivity contribution in [2.24, 2.45) is 0 Å². The number of para-hydroxylation sites is 1. The van der Waals surface area contributed by atoms with Gasteiger partial charge in [-0.05, 0) is 55.2 Å². The Hall–Kier alpha value is -3.21. The molecule has 2 aromatic heterocycles. The van der Waals surface area contributed by atoms with E-state index in [9.17, 15) is 9.18 Å². The first-order chi connectivity index (χ1) is 14.2. The summed E-state index contributed by atoms with van der Waals surface area (Å²) < 4.78 is 13.9. The summed E-state index contributed by atoms with van der Waals surface area (Å²) in [5.74, 6) is -0.209. The van der Waals surface area contributed by atoms with Crippen molar-refractivity contribution in [1.82, 2.24) is 15.3 Å². The number of nitrogens with zero attached hydrogens (tertiary/aromatic N) is 1. The fraction of sp³-hybridized carbons (Fsp3) is 0.250. The lowest BCUT2D eigenvalue weighted by atomic mass is 10.0. The minimum Gasteiger partial charge on any atom is -0.356 e. The summed E-state index contributed by atoms with van der Waals surface area (Å²) in [7, 11) is 0. The van der Waals surface area contributed by atoms with Crippen LogP contribution in [-0.2, 0) is 11.2 Å². The molecule has 1 amide bonds. The molecule has 0 saturated heterocycles. The number of hydrogen-bond acceptors (Lipinski definition) is 2. The van der Waals surface area contributed by atoms with Gasteiger partial charge in [0.15, 0.2) is 0 Å². The van der Waals surface area contributed by atoms with E-state index < -0.39 is 0 Å². The first kappa shape index (κ1) is 19.1. The van der Waals surface area contributed by atoms with Crippen molar-refractivity contribution >= 4 is 27.7 Å². The maximum atomic E-state index is 13.9. The van der Waals surface area contributed by atoms with Gasteiger partial charge in [-0.1, -0.05) is 31.2 Å². The molecule has 0 aliphatic carbocycles. The maximum absolute atomic E-state index is 13.9. The van der Waals surface area contributed by atoms with E-state index >= 15 is 0 Å². The van der Waals surface area contributed by atoms with Gasteiger partial charge in [0.05, 0.1) is 16.9 Å². The number of fused-ring (bicyclic) bond motifs is 2. The van der Waals surface area contributed by atoms with Crippen LogP contribution in [0, 0.1) is 5.82 Å². The highest BCUT2D eigenvalue weighted by atomic mass is 19.1. The molecular weight excluding hydrogens is 365 g/mol. The molecule has 4 rings (SSSR count). The van der Waals surface area contributed by atoms with Gasteiger partial charge in [-0.15, -0.1) is 0 Å². The van der Waals surface area contributed by atoms with Crippen molar-refractivity contribution in [3.8, 4) is 11.4 Å². The average Bonchev–Trinajstić information content (AvgIpc) is 3.09. The van der Waals surface area contributed by atoms with E-state index in [0.29, 0.717) is 25.8 Å². The van der Waals surface area contributed by atoms with Crippen LogP contribution in [0.5, 0.6) is 0 Å². The minimum absolute atomic E-state index is 0.0586. The van der Waals surface area contributed by atoms with Crippen molar-refractivity contribution in [3.63, 3.8) is 0 Å². The summed E-state index contributed by atoms with van der Waals surface area (Å²) in [6, 6.07) is 16.8. The van der Waals surface area contributed by atoms with Crippen molar-refractivity contribution in [3.05, 3.63) is 66.0 Å². The minimum atomic E-state index is -0.267. The summed E-state index contributed by atoms with van der Waals surface area (Å²) in [6.07, 6.45) is 2.74. The predicted molar refractivity (Wildman–Crippen MR) is 115 cm³/mol. The SMILES string of the molecule is CCCNC(=O)CCCc1c(-c2ccc3ccccc3n2)[nH]c2ccc(F)cc12. The van der Waals surface area contributed by atoms with Crippen LogP contribution in [0.2, 0.25) is 0 Å². The average molecular weight is 389 g/mol. The standard InChI is InChI=1S/C24H24FN3O/c1-2-14-26-23(29)9-5-7-18-19-15-17(25)11-13-21(19)28-24(18)22-12-10-16-6-3-4-8-20(16)27-22/h3-4,6,8,10-13,15,28H,2,5,7,9,14H2,1H3,(H,26,29). The van der Waals surface area contributed by atoms with Crippen LogP contribution >= 0.6 is 0 Å². The highest BCUT2D eigenvalue weighted by Gasteiger charge is 2.16. The first-order valence-electron chi connectivity index (χ1n) is 10.1. The Kier molecular flexibility index (Phi) is 5.56. The molecule has 2 aromatic carbocycles. The second kappa shape index (κ2) is 8.43. The second-order valence-electron chi connectivity index (χ2n) is 7.26. The number of carbonyl (C=O) groups excluding carboxylic acids is 1. The van der Waals surface area contributed by atoms with E-state index in [4.69, 9.17) is 4.98 Å². The maximum Gasteiger partial charge on any atom is 0.220 e. The summed E-state index contributed by atoms with van der Waals surface area (Å²) in [5.41, 5.74) is 4.52. The Morgan fingerprint density at radius 1 is 1.14 bits per heavy atom. The Balaban J connectivity index is 1.69. The quantitative estimate of drug-likeness (QED) is 0.446. The van der Waals surface area contributed by atoms with Gasteiger partial charge >= 0.3 is 0 Å². The molecule has 0 aliphatic heterocycles. The van der Waals surface area contributed by atoms with Gasteiger partial charge in [-0.2, -0.15) is 0 Å². The van der Waals surface area contributed by atoms with E-state index in [1.807, 2.05) is 43.3 Å². The molecule has 0 unspecified atom stereocenters. The smallest absolute Gasteiger partial charge is 0.220 e. The highest BCUT2D eigenvalue weighted by molar-refractivity contribution is 5.91. The van der Waals surface area contributed by atoms with Gasteiger partial charge in [0, 0.05) is 29.3 Å². The van der Waals surface area contributed by atoms with Crippen molar-refractivity contribution < 1.29 is 9.18 Å². The number of rotatable bonds is 7. The van der Waals surface area contributed by atoms with E-state index in [0.717, 1.165) is 45.2 Å². The van der Waals surface area contributed by atoms with E-state index in [1.54, 1.807) is 12.1 Å². The van der Waals surface area contributed by atoms with Crippen molar-refractivity contribution in [2.45, 2.75) is 32.6 Å². The van der Waals surface area contributed by atoms with Gasteiger partial charge in [-0.3, -0.25) is 4.79 Å². The lowest BCUT2D eigenvalue weighted by Crippen LogP contribution is -2.23. The van der Waals surface area contributed by atoms with Crippen molar-refractivity contribution in [2.75, 3.05) is 6.54 Å². The number of aryl methyl sites for hydroxylation is 1. The van der Waals surface area contributed by atoms with E-state index in [1.165, 1.54) is 6.07 Å². The lowest BCUT2D eigenvalue weighted by molar-refractivity contribution is -0.121. The number of H-pyrrole nitrogens is 1. The molecule has 0 fully saturated rings. The van der Waals surface area contributed by atoms with Crippen LogP contribution in [0.4, 0.5) is 4.39 Å². The van der Waals surface area contributed by atoms with Gasteiger partial charge in [0.2, 0.25) is 5.91 Å². The topological polar surface area (TPSA) is 57.8 Å². The lowest BCUT2D eigenvalue weighted by Gasteiger charge is -2.07. The zero-order valence-electron chi connectivity index (χ0n) is 16.5. The summed E-state index contributed by atoms with van der Waals surface area (Å²) >= 11 is 0. The molecule has 0 bridgehead atoms. The molecule has 0 aliphatic rings. The number of halogens is 1. The molecule has 0 saturated carbocycles. The molecule has 0 atom stereocenters. The van der Waals surface area contributed by atoms with Crippen molar-refractivity contribution in [1.29, 1.82) is 0 Å². The number of amides is 1. The third-order valence-electron chi connectivity index (χ3n) is 5.13. The fourth-order valence-corrected chi connectivity index (χ4v) is 3.68. The molecule has 0 radical (unpaired) electrons. The highest BCUT2D eigenvalue weighted by Crippen LogP contribution is 2.32. The number of nitrogens with one attached hydrogen (secondary N) is 2. The summed E-state index contributed by atoms with van der Waals surface area (Å²) in [5, 5.41) is 4.83. The first-order valence-corrected chi connectivity index (χ1v) is 10.1. The van der Waals surface area contributed by atoms with Crippen LogP contribution in [0.3, 0.4) is 0 Å². The Morgan fingerprint density at radius 3 is 2.86 bits per heavy atom. The van der Waals surface area contributed by atoms with Crippen LogP contribution < -0.4 is 5.32 Å². The molecule has 148 valence electrons. The number of hydrogen-bond donors (Lipinski definition) is 2. The Bertz CT molecular complexity index is 1170. The van der Waals surface area contributed by atoms with Crippen LogP contribution in [0.25, 0.3) is 33.2 Å². The zero-order valence-corrected chi connectivity index (χ0v) is 16.5. The summed E-state index contributed by atoms with van der Waals surface area (Å²) in [4.78, 5) is 20.2. The van der Waals surface area contributed by atoms with E-state index in [2.05, 4.69) is 10.3 Å². The molecular formula is C24H24FN3O. The van der Waals surface area contributed by atoms with Gasteiger partial charge in [0.25, 0.3) is 0 Å². The third-order valence-corrected chi connectivity index (χ3v) is 5.13. The largest absolute Gasteiger partial charge is 0.356 e. The monoisotopic (exact) mass is 389 g/mol. The van der Waals surface area contributed by atoms with E-state index in [-0.39, 0.29) is 11.7 Å². The number of aromatic nitrogens is 2. The van der Waals surface area contributed by atoms with Crippen LogP contribution in [0.15, 0.2) is 54.6 Å². The molecule has 29 heavy (non-hydrogen) atoms. The summed E-state index contributed by atoms with van der Waals surface area (Å²) in [6.45, 7) is 2.73. The predicted octanol–water partition coefficient (Wildman–Crippen LogP) is 5.37. The number of aromatic amines is 1. The Morgan fingerprint density at radius 2 is 2.00 bits per heavy atom. The molecule has 5 heteroatoms. The molecule has 4 nitrogen and oxygen atoms in total.